The summed E-state index contributed by atoms with van der Waals surface area (Å²) in [5, 5.41) is 12.8. The van der Waals surface area contributed by atoms with Crippen LogP contribution in [0.1, 0.15) is 17.3 Å². The van der Waals surface area contributed by atoms with Crippen LogP contribution in [0.3, 0.4) is 0 Å². The number of nitrogens with one attached hydrogen (secondary N) is 1. The fourth-order valence-electron chi connectivity index (χ4n) is 1.11. The lowest BCUT2D eigenvalue weighted by Gasteiger charge is -2.10. The van der Waals surface area contributed by atoms with Gasteiger partial charge >= 0.3 is 0 Å². The summed E-state index contributed by atoms with van der Waals surface area (Å²) in [5.74, 6) is -1.01. The van der Waals surface area contributed by atoms with Crippen LogP contribution in [0.2, 0.25) is 0 Å². The van der Waals surface area contributed by atoms with Gasteiger partial charge in [0.05, 0.1) is 5.56 Å². The van der Waals surface area contributed by atoms with Crippen molar-refractivity contribution in [2.75, 3.05) is 11.9 Å². The zero-order chi connectivity index (χ0) is 12.1. The average Bonchev–Trinajstić information content (AvgIpc) is 2.25. The quantitative estimate of drug-likeness (QED) is 0.836. The second-order valence-corrected chi connectivity index (χ2v) is 4.28. The molecule has 0 aromatic heterocycles. The molecule has 1 aromatic rings. The molecule has 3 nitrogen and oxygen atoms in total. The first-order valence-corrected chi connectivity index (χ1v) is 5.99. The van der Waals surface area contributed by atoms with Crippen LogP contribution in [0.5, 0.6) is 5.75 Å². The summed E-state index contributed by atoms with van der Waals surface area (Å²) in [5.41, 5.74) is 0.0863. The molecule has 0 radical (unpaired) electrons. The van der Waals surface area contributed by atoms with E-state index in [2.05, 4.69) is 21.2 Å². The van der Waals surface area contributed by atoms with Gasteiger partial charge in [0.1, 0.15) is 11.6 Å². The van der Waals surface area contributed by atoms with Gasteiger partial charge in [-0.15, -0.1) is 0 Å². The van der Waals surface area contributed by atoms with Gasteiger partial charge in [-0.2, -0.15) is 0 Å². The number of aromatic hydroxyl groups is 1. The third-order valence-electron chi connectivity index (χ3n) is 2.08. The Labute approximate surface area is 102 Å². The first-order valence-electron chi connectivity index (χ1n) is 4.87. The Bertz CT molecular complexity index is 384. The van der Waals surface area contributed by atoms with E-state index in [0.717, 1.165) is 17.5 Å². The Morgan fingerprint density at radius 2 is 2.31 bits per heavy atom. The number of amides is 1. The number of benzene rings is 1. The summed E-state index contributed by atoms with van der Waals surface area (Å²) in [6.45, 7) is 2.47. The smallest absolute Gasteiger partial charge is 0.255 e. The number of hydrogen-bond acceptors (Lipinski definition) is 2. The van der Waals surface area contributed by atoms with E-state index in [9.17, 15) is 14.3 Å². The Morgan fingerprint density at radius 1 is 1.62 bits per heavy atom. The van der Waals surface area contributed by atoms with Crippen LogP contribution in [0, 0.1) is 11.7 Å². The fraction of sp³-hybridized carbons (Fsp3) is 0.364. The van der Waals surface area contributed by atoms with E-state index in [-0.39, 0.29) is 11.3 Å². The number of carbonyl (C=O) groups is 1. The van der Waals surface area contributed by atoms with Crippen molar-refractivity contribution in [1.29, 1.82) is 0 Å². The molecule has 0 aliphatic carbocycles. The fourth-order valence-corrected chi connectivity index (χ4v) is 1.34. The van der Waals surface area contributed by atoms with Gasteiger partial charge in [0.25, 0.3) is 5.91 Å². The van der Waals surface area contributed by atoms with Crippen molar-refractivity contribution in [3.05, 3.63) is 29.6 Å². The molecule has 1 rings (SSSR count). The minimum atomic E-state index is -0.567. The zero-order valence-electron chi connectivity index (χ0n) is 8.84. The van der Waals surface area contributed by atoms with Crippen LogP contribution in [0.25, 0.3) is 0 Å². The molecule has 0 spiro atoms. The lowest BCUT2D eigenvalue weighted by molar-refractivity contribution is 0.0946. The molecule has 88 valence electrons. The highest BCUT2D eigenvalue weighted by Crippen LogP contribution is 2.17. The summed E-state index contributed by atoms with van der Waals surface area (Å²) < 4.78 is 12.7. The SMILES string of the molecule is CC(CBr)CNC(=O)c1ccc(F)cc1O. The first-order chi connectivity index (χ1) is 7.54. The molecule has 0 saturated heterocycles. The second-order valence-electron chi connectivity index (χ2n) is 3.63. The first kappa shape index (κ1) is 13.0. The normalized spacial score (nSPS) is 12.2. The average molecular weight is 290 g/mol. The van der Waals surface area contributed by atoms with Crippen LogP contribution < -0.4 is 5.32 Å². The molecule has 0 aliphatic heterocycles. The number of halogens is 2. The summed E-state index contributed by atoms with van der Waals surface area (Å²) in [7, 11) is 0. The van der Waals surface area contributed by atoms with Crippen LogP contribution in [0.4, 0.5) is 4.39 Å². The molecular formula is C11H13BrFNO2. The minimum Gasteiger partial charge on any atom is -0.507 e. The Balaban J connectivity index is 2.66. The molecule has 0 heterocycles. The maximum absolute atomic E-state index is 12.7. The predicted octanol–water partition coefficient (Wildman–Crippen LogP) is 2.29. The van der Waals surface area contributed by atoms with Gasteiger partial charge in [0.2, 0.25) is 0 Å². The molecule has 1 unspecified atom stereocenters. The highest BCUT2D eigenvalue weighted by molar-refractivity contribution is 9.09. The molecule has 0 aliphatic rings. The molecule has 1 amide bonds. The lowest BCUT2D eigenvalue weighted by Crippen LogP contribution is -2.28. The third-order valence-corrected chi connectivity index (χ3v) is 3.18. The number of carbonyl (C=O) groups excluding carboxylic acids is 1. The number of phenols is 1. The molecule has 1 aromatic carbocycles. The summed E-state index contributed by atoms with van der Waals surface area (Å²) >= 11 is 3.29. The Kier molecular flexibility index (Phi) is 4.73. The van der Waals surface area contributed by atoms with E-state index >= 15 is 0 Å². The van der Waals surface area contributed by atoms with Crippen molar-refractivity contribution in [3.63, 3.8) is 0 Å². The molecule has 0 bridgehead atoms. The summed E-state index contributed by atoms with van der Waals surface area (Å²) in [6, 6.07) is 3.32. The van der Waals surface area contributed by atoms with Gasteiger partial charge in [0, 0.05) is 17.9 Å². The van der Waals surface area contributed by atoms with Crippen molar-refractivity contribution in [3.8, 4) is 5.75 Å². The van der Waals surface area contributed by atoms with Gasteiger partial charge in [-0.1, -0.05) is 22.9 Å². The van der Waals surface area contributed by atoms with E-state index in [0.29, 0.717) is 12.5 Å². The molecule has 1 atom stereocenters. The number of rotatable bonds is 4. The highest BCUT2D eigenvalue weighted by Gasteiger charge is 2.12. The van der Waals surface area contributed by atoms with E-state index in [1.165, 1.54) is 6.07 Å². The van der Waals surface area contributed by atoms with E-state index in [4.69, 9.17) is 0 Å². The van der Waals surface area contributed by atoms with E-state index in [1.807, 2.05) is 6.92 Å². The largest absolute Gasteiger partial charge is 0.507 e. The zero-order valence-corrected chi connectivity index (χ0v) is 10.4. The van der Waals surface area contributed by atoms with Crippen molar-refractivity contribution in [1.82, 2.24) is 5.32 Å². The summed E-state index contributed by atoms with van der Waals surface area (Å²) in [6.07, 6.45) is 0. The van der Waals surface area contributed by atoms with Crippen LogP contribution in [-0.4, -0.2) is 22.9 Å². The standard InChI is InChI=1S/C11H13BrFNO2/c1-7(5-12)6-14-11(16)9-3-2-8(13)4-10(9)15/h2-4,7,15H,5-6H2,1H3,(H,14,16). The Hall–Kier alpha value is -1.10. The topological polar surface area (TPSA) is 49.3 Å². The molecule has 16 heavy (non-hydrogen) atoms. The van der Waals surface area contributed by atoms with Crippen molar-refractivity contribution in [2.24, 2.45) is 5.92 Å². The van der Waals surface area contributed by atoms with E-state index < -0.39 is 11.7 Å². The molecule has 0 saturated carbocycles. The molecule has 2 N–H and O–H groups in total. The number of alkyl halides is 1. The maximum Gasteiger partial charge on any atom is 0.255 e. The minimum absolute atomic E-state index is 0.0863. The molecular weight excluding hydrogens is 277 g/mol. The van der Waals surface area contributed by atoms with Crippen LogP contribution in [-0.2, 0) is 0 Å². The predicted molar refractivity (Wildman–Crippen MR) is 63.4 cm³/mol. The van der Waals surface area contributed by atoms with Gasteiger partial charge < -0.3 is 10.4 Å². The van der Waals surface area contributed by atoms with Crippen LogP contribution >= 0.6 is 15.9 Å². The van der Waals surface area contributed by atoms with Gasteiger partial charge in [-0.3, -0.25) is 4.79 Å². The summed E-state index contributed by atoms with van der Waals surface area (Å²) in [4.78, 5) is 11.6. The molecule has 5 heteroatoms. The van der Waals surface area contributed by atoms with Crippen molar-refractivity contribution >= 4 is 21.8 Å². The number of phenolic OH excluding ortho intramolecular Hbond substituents is 1. The van der Waals surface area contributed by atoms with Gasteiger partial charge in [0.15, 0.2) is 0 Å². The second kappa shape index (κ2) is 5.84. The van der Waals surface area contributed by atoms with Gasteiger partial charge in [-0.05, 0) is 18.1 Å². The van der Waals surface area contributed by atoms with Crippen molar-refractivity contribution in [2.45, 2.75) is 6.92 Å². The third kappa shape index (κ3) is 3.48. The lowest BCUT2D eigenvalue weighted by atomic mass is 10.1. The van der Waals surface area contributed by atoms with Crippen LogP contribution in [0.15, 0.2) is 18.2 Å². The maximum atomic E-state index is 12.7. The monoisotopic (exact) mass is 289 g/mol. The van der Waals surface area contributed by atoms with Crippen molar-refractivity contribution < 1.29 is 14.3 Å². The number of hydrogen-bond donors (Lipinski definition) is 2. The molecule has 0 fully saturated rings. The van der Waals surface area contributed by atoms with Gasteiger partial charge in [-0.25, -0.2) is 4.39 Å². The van der Waals surface area contributed by atoms with E-state index in [1.54, 1.807) is 0 Å². The Morgan fingerprint density at radius 3 is 2.88 bits per heavy atom. The highest BCUT2D eigenvalue weighted by atomic mass is 79.9.